The summed E-state index contributed by atoms with van der Waals surface area (Å²) in [5, 5.41) is 0. The molecule has 0 aromatic heterocycles. The number of fused-ring (bicyclic) bond motifs is 1. The molecule has 0 spiro atoms. The van der Waals surface area contributed by atoms with Gasteiger partial charge in [0.15, 0.2) is 0 Å². The van der Waals surface area contributed by atoms with Gasteiger partial charge in [0.2, 0.25) is 0 Å². The van der Waals surface area contributed by atoms with Gasteiger partial charge < -0.3 is 0 Å². The summed E-state index contributed by atoms with van der Waals surface area (Å²) in [5.41, 5.74) is 4.44. The molecule has 0 amide bonds. The van der Waals surface area contributed by atoms with Crippen LogP contribution in [0.25, 0.3) is 0 Å². The number of hydrazine groups is 1. The van der Waals surface area contributed by atoms with Crippen LogP contribution < -0.4 is 11.3 Å². The van der Waals surface area contributed by atoms with Gasteiger partial charge in [-0.3, -0.25) is 11.3 Å². The Hall–Kier alpha value is -0.860. The Balaban J connectivity index is 1.64. The lowest BCUT2D eigenvalue weighted by atomic mass is 9.98. The van der Waals surface area contributed by atoms with Crippen molar-refractivity contribution in [3.63, 3.8) is 0 Å². The van der Waals surface area contributed by atoms with Gasteiger partial charge in [-0.25, -0.2) is 0 Å². The average Bonchev–Trinajstić information content (AvgIpc) is 2.81. The van der Waals surface area contributed by atoms with Crippen LogP contribution in [-0.2, 0) is 6.42 Å². The third-order valence-corrected chi connectivity index (χ3v) is 4.45. The summed E-state index contributed by atoms with van der Waals surface area (Å²) in [6.45, 7) is 0. The van der Waals surface area contributed by atoms with Crippen LogP contribution in [-0.4, -0.2) is 6.04 Å². The molecule has 2 fully saturated rings. The van der Waals surface area contributed by atoms with Gasteiger partial charge in [-0.05, 0) is 42.6 Å². The molecule has 2 heteroatoms. The van der Waals surface area contributed by atoms with E-state index in [2.05, 4.69) is 35.8 Å². The van der Waals surface area contributed by atoms with Crippen molar-refractivity contribution in [1.29, 1.82) is 0 Å². The minimum atomic E-state index is 0.484. The molecule has 16 heavy (non-hydrogen) atoms. The van der Waals surface area contributed by atoms with Crippen molar-refractivity contribution in [1.82, 2.24) is 5.43 Å². The molecular formula is C14H20N2. The molecule has 3 atom stereocenters. The van der Waals surface area contributed by atoms with E-state index in [4.69, 9.17) is 5.84 Å². The highest BCUT2D eigenvalue weighted by Crippen LogP contribution is 2.59. The predicted molar refractivity (Wildman–Crippen MR) is 65.6 cm³/mol. The van der Waals surface area contributed by atoms with Crippen LogP contribution in [0.3, 0.4) is 0 Å². The first-order valence-corrected chi connectivity index (χ1v) is 6.40. The van der Waals surface area contributed by atoms with E-state index in [1.807, 2.05) is 0 Å². The maximum Gasteiger partial charge on any atom is 0.0284 e. The molecule has 1 aromatic rings. The zero-order valence-electron chi connectivity index (χ0n) is 9.60. The Kier molecular flexibility index (Phi) is 2.70. The molecule has 2 aliphatic rings. The fraction of sp³-hybridized carbons (Fsp3) is 0.571. The topological polar surface area (TPSA) is 38.0 Å². The summed E-state index contributed by atoms with van der Waals surface area (Å²) in [6.07, 6.45) is 5.38. The minimum absolute atomic E-state index is 0.484. The van der Waals surface area contributed by atoms with Crippen molar-refractivity contribution < 1.29 is 0 Å². The second kappa shape index (κ2) is 4.19. The minimum Gasteiger partial charge on any atom is -0.271 e. The van der Waals surface area contributed by atoms with Gasteiger partial charge in [-0.2, -0.15) is 0 Å². The number of rotatable bonds is 4. The molecule has 2 nitrogen and oxygen atoms in total. The first-order valence-electron chi connectivity index (χ1n) is 6.40. The molecule has 1 aromatic carbocycles. The normalized spacial score (nSPS) is 33.4. The highest BCUT2D eigenvalue weighted by atomic mass is 15.2. The number of nitrogens with one attached hydrogen (secondary N) is 1. The largest absolute Gasteiger partial charge is 0.271 e. The van der Waals surface area contributed by atoms with E-state index in [0.29, 0.717) is 6.04 Å². The van der Waals surface area contributed by atoms with Crippen LogP contribution >= 0.6 is 0 Å². The van der Waals surface area contributed by atoms with Crippen LogP contribution in [0.4, 0.5) is 0 Å². The monoisotopic (exact) mass is 216 g/mol. The SMILES string of the molecule is NNC(Cc1ccccc1)C1C2CCCC21. The molecule has 0 saturated heterocycles. The van der Waals surface area contributed by atoms with E-state index in [1.165, 1.54) is 24.8 Å². The third kappa shape index (κ3) is 1.76. The van der Waals surface area contributed by atoms with Crippen molar-refractivity contribution in [2.75, 3.05) is 0 Å². The molecule has 0 heterocycles. The van der Waals surface area contributed by atoms with Crippen LogP contribution in [0.5, 0.6) is 0 Å². The lowest BCUT2D eigenvalue weighted by Crippen LogP contribution is -2.39. The highest BCUT2D eigenvalue weighted by Gasteiger charge is 2.55. The molecular weight excluding hydrogens is 196 g/mol. The lowest BCUT2D eigenvalue weighted by Gasteiger charge is -2.17. The Morgan fingerprint density at radius 1 is 1.19 bits per heavy atom. The van der Waals surface area contributed by atoms with Gasteiger partial charge in [0.25, 0.3) is 0 Å². The summed E-state index contributed by atoms with van der Waals surface area (Å²) in [6, 6.07) is 11.2. The zero-order chi connectivity index (χ0) is 11.0. The summed E-state index contributed by atoms with van der Waals surface area (Å²) >= 11 is 0. The van der Waals surface area contributed by atoms with Crippen LogP contribution in [0.1, 0.15) is 24.8 Å². The molecule has 2 saturated carbocycles. The molecule has 3 rings (SSSR count). The van der Waals surface area contributed by atoms with Gasteiger partial charge in [-0.1, -0.05) is 36.8 Å². The molecule has 3 unspecified atom stereocenters. The number of nitrogens with two attached hydrogens (primary N) is 1. The van der Waals surface area contributed by atoms with Crippen molar-refractivity contribution in [3.05, 3.63) is 35.9 Å². The maximum atomic E-state index is 5.71. The first kappa shape index (κ1) is 10.3. The van der Waals surface area contributed by atoms with Crippen molar-refractivity contribution in [2.24, 2.45) is 23.6 Å². The van der Waals surface area contributed by atoms with Crippen molar-refractivity contribution in [2.45, 2.75) is 31.7 Å². The maximum absolute atomic E-state index is 5.71. The van der Waals surface area contributed by atoms with E-state index >= 15 is 0 Å². The summed E-state index contributed by atoms with van der Waals surface area (Å²) in [7, 11) is 0. The van der Waals surface area contributed by atoms with Gasteiger partial charge in [0, 0.05) is 6.04 Å². The first-order chi connectivity index (χ1) is 7.90. The molecule has 3 N–H and O–H groups in total. The Morgan fingerprint density at radius 3 is 2.50 bits per heavy atom. The van der Waals surface area contributed by atoms with Gasteiger partial charge in [0.05, 0.1) is 0 Å². The van der Waals surface area contributed by atoms with E-state index in [-0.39, 0.29) is 0 Å². The Labute approximate surface area is 97.2 Å². The smallest absolute Gasteiger partial charge is 0.0284 e. The fourth-order valence-corrected chi connectivity index (χ4v) is 3.65. The number of hydrogen-bond donors (Lipinski definition) is 2. The lowest BCUT2D eigenvalue weighted by molar-refractivity contribution is 0.410. The number of hydrogen-bond acceptors (Lipinski definition) is 2. The fourth-order valence-electron chi connectivity index (χ4n) is 3.65. The second-order valence-corrected chi connectivity index (χ2v) is 5.30. The quantitative estimate of drug-likeness (QED) is 0.597. The second-order valence-electron chi connectivity index (χ2n) is 5.30. The third-order valence-electron chi connectivity index (χ3n) is 4.45. The standard InChI is InChI=1S/C14H20N2/c15-16-13(9-10-5-2-1-3-6-10)14-11-7-4-8-12(11)14/h1-3,5-6,11-14,16H,4,7-9,15H2. The molecule has 0 aliphatic heterocycles. The molecule has 0 bridgehead atoms. The predicted octanol–water partition coefficient (Wildman–Crippen LogP) is 2.11. The van der Waals surface area contributed by atoms with E-state index in [9.17, 15) is 0 Å². The van der Waals surface area contributed by atoms with Crippen LogP contribution in [0.15, 0.2) is 30.3 Å². The van der Waals surface area contributed by atoms with Crippen LogP contribution in [0.2, 0.25) is 0 Å². The van der Waals surface area contributed by atoms with E-state index < -0.39 is 0 Å². The Morgan fingerprint density at radius 2 is 1.88 bits per heavy atom. The summed E-state index contributed by atoms with van der Waals surface area (Å²) in [5.74, 6) is 8.51. The zero-order valence-corrected chi connectivity index (χ0v) is 9.60. The van der Waals surface area contributed by atoms with E-state index in [0.717, 1.165) is 24.2 Å². The highest BCUT2D eigenvalue weighted by molar-refractivity contribution is 5.18. The summed E-state index contributed by atoms with van der Waals surface area (Å²) < 4.78 is 0. The molecule has 2 aliphatic carbocycles. The van der Waals surface area contributed by atoms with Gasteiger partial charge in [-0.15, -0.1) is 0 Å². The van der Waals surface area contributed by atoms with Crippen molar-refractivity contribution >= 4 is 0 Å². The van der Waals surface area contributed by atoms with Gasteiger partial charge in [0.1, 0.15) is 0 Å². The molecule has 0 radical (unpaired) electrons. The Bertz CT molecular complexity index is 339. The molecule has 86 valence electrons. The van der Waals surface area contributed by atoms with E-state index in [1.54, 1.807) is 0 Å². The van der Waals surface area contributed by atoms with Gasteiger partial charge >= 0.3 is 0 Å². The van der Waals surface area contributed by atoms with Crippen molar-refractivity contribution in [3.8, 4) is 0 Å². The average molecular weight is 216 g/mol. The summed E-state index contributed by atoms with van der Waals surface area (Å²) in [4.78, 5) is 0. The number of benzene rings is 1. The van der Waals surface area contributed by atoms with Crippen LogP contribution in [0, 0.1) is 17.8 Å².